The first-order valence-corrected chi connectivity index (χ1v) is 8.00. The molecule has 1 amide bonds. The molecule has 1 N–H and O–H groups in total. The van der Waals surface area contributed by atoms with Crippen molar-refractivity contribution in [2.45, 2.75) is 19.9 Å². The number of rotatable bonds is 5. The zero-order valence-electron chi connectivity index (χ0n) is 14.0. The average Bonchev–Trinajstić information content (AvgIpc) is 2.64. The van der Waals surface area contributed by atoms with Crippen LogP contribution in [-0.4, -0.2) is 20.4 Å². The van der Waals surface area contributed by atoms with Crippen molar-refractivity contribution in [3.63, 3.8) is 0 Å². The Morgan fingerprint density at radius 1 is 1.23 bits per heavy atom. The Hall–Kier alpha value is -3.55. The number of benzene rings is 2. The van der Waals surface area contributed by atoms with Gasteiger partial charge in [0.1, 0.15) is 6.54 Å². The summed E-state index contributed by atoms with van der Waals surface area (Å²) in [6, 6.07) is 11.3. The predicted molar refractivity (Wildman–Crippen MR) is 97.1 cm³/mol. The minimum Gasteiger partial charge on any atom is -0.325 e. The maximum atomic E-state index is 12.5. The third-order valence-electron chi connectivity index (χ3n) is 3.98. The Morgan fingerprint density at radius 2 is 1.96 bits per heavy atom. The monoisotopic (exact) mass is 352 g/mol. The van der Waals surface area contributed by atoms with E-state index in [0.717, 1.165) is 16.6 Å². The van der Waals surface area contributed by atoms with Crippen molar-refractivity contribution >= 4 is 28.2 Å². The number of nitrogens with zero attached hydrogens (tertiary/aromatic N) is 3. The van der Waals surface area contributed by atoms with Gasteiger partial charge in [0.05, 0.1) is 22.2 Å². The molecule has 8 heteroatoms. The molecular weight excluding hydrogens is 336 g/mol. The van der Waals surface area contributed by atoms with Crippen LogP contribution in [0.2, 0.25) is 0 Å². The lowest BCUT2D eigenvalue weighted by Crippen LogP contribution is -2.27. The number of fused-ring (bicyclic) bond motifs is 1. The van der Waals surface area contributed by atoms with Crippen LogP contribution in [0.25, 0.3) is 10.9 Å². The number of nitro groups is 1. The van der Waals surface area contributed by atoms with Crippen molar-refractivity contribution < 1.29 is 9.72 Å². The molecule has 0 bridgehead atoms. The minimum atomic E-state index is -0.580. The number of hydrogen-bond acceptors (Lipinski definition) is 5. The molecular formula is C18H16N4O4. The molecule has 0 saturated carbocycles. The zero-order valence-corrected chi connectivity index (χ0v) is 14.0. The molecule has 3 aromatic rings. The van der Waals surface area contributed by atoms with E-state index in [9.17, 15) is 19.7 Å². The van der Waals surface area contributed by atoms with Gasteiger partial charge in [-0.2, -0.15) is 0 Å². The second-order valence-corrected chi connectivity index (χ2v) is 5.73. The Labute approximate surface area is 148 Å². The van der Waals surface area contributed by atoms with Gasteiger partial charge in [-0.1, -0.05) is 19.1 Å². The van der Waals surface area contributed by atoms with E-state index >= 15 is 0 Å². The highest BCUT2D eigenvalue weighted by Crippen LogP contribution is 2.16. The molecule has 0 atom stereocenters. The molecule has 0 fully saturated rings. The minimum absolute atomic E-state index is 0.0989. The van der Waals surface area contributed by atoms with Gasteiger partial charge in [0.25, 0.3) is 11.2 Å². The fraction of sp³-hybridized carbons (Fsp3) is 0.167. The number of anilines is 1. The molecule has 0 spiro atoms. The van der Waals surface area contributed by atoms with E-state index in [0.29, 0.717) is 11.2 Å². The largest absolute Gasteiger partial charge is 0.325 e. The van der Waals surface area contributed by atoms with Crippen LogP contribution >= 0.6 is 0 Å². The lowest BCUT2D eigenvalue weighted by molar-refractivity contribution is -0.384. The van der Waals surface area contributed by atoms with Gasteiger partial charge in [-0.15, -0.1) is 0 Å². The molecule has 0 aliphatic carbocycles. The zero-order chi connectivity index (χ0) is 18.7. The SMILES string of the molecule is CCc1ccc(NC(=O)Cn2cnc3ccc([N+](=O)[O-])cc3c2=O)cc1. The summed E-state index contributed by atoms with van der Waals surface area (Å²) >= 11 is 0. The number of amides is 1. The number of non-ortho nitro benzene ring substituents is 1. The van der Waals surface area contributed by atoms with E-state index < -0.39 is 10.5 Å². The summed E-state index contributed by atoms with van der Waals surface area (Å²) in [6.45, 7) is 1.80. The van der Waals surface area contributed by atoms with E-state index in [-0.39, 0.29) is 23.5 Å². The number of nitrogens with one attached hydrogen (secondary N) is 1. The van der Waals surface area contributed by atoms with Gasteiger partial charge in [0.2, 0.25) is 5.91 Å². The van der Waals surface area contributed by atoms with Crippen molar-refractivity contribution in [3.05, 3.63) is 74.8 Å². The normalized spacial score (nSPS) is 10.7. The number of aryl methyl sites for hydroxylation is 1. The number of carbonyl (C=O) groups is 1. The Kier molecular flexibility index (Phi) is 4.74. The second kappa shape index (κ2) is 7.14. The van der Waals surface area contributed by atoms with Crippen molar-refractivity contribution in [2.24, 2.45) is 0 Å². The van der Waals surface area contributed by atoms with E-state index in [4.69, 9.17) is 0 Å². The molecule has 0 unspecified atom stereocenters. The molecule has 26 heavy (non-hydrogen) atoms. The number of aromatic nitrogens is 2. The van der Waals surface area contributed by atoms with Gasteiger partial charge < -0.3 is 5.32 Å². The van der Waals surface area contributed by atoms with Gasteiger partial charge in [-0.25, -0.2) is 4.98 Å². The van der Waals surface area contributed by atoms with Crippen LogP contribution in [0.15, 0.2) is 53.6 Å². The number of carbonyl (C=O) groups excluding carboxylic acids is 1. The molecule has 0 aliphatic heterocycles. The average molecular weight is 352 g/mol. The van der Waals surface area contributed by atoms with E-state index in [2.05, 4.69) is 10.3 Å². The summed E-state index contributed by atoms with van der Waals surface area (Å²) in [5, 5.41) is 13.7. The van der Waals surface area contributed by atoms with Crippen molar-refractivity contribution in [3.8, 4) is 0 Å². The van der Waals surface area contributed by atoms with E-state index in [1.165, 1.54) is 24.5 Å². The van der Waals surface area contributed by atoms with Crippen LogP contribution in [0, 0.1) is 10.1 Å². The first kappa shape index (κ1) is 17.3. The summed E-state index contributed by atoms with van der Waals surface area (Å²) in [6.07, 6.45) is 2.16. The lowest BCUT2D eigenvalue weighted by atomic mass is 10.1. The Morgan fingerprint density at radius 3 is 2.62 bits per heavy atom. The van der Waals surface area contributed by atoms with Crippen molar-refractivity contribution in [2.75, 3.05) is 5.32 Å². The molecule has 1 heterocycles. The number of nitro benzene ring substituents is 1. The molecule has 3 rings (SSSR count). The highest BCUT2D eigenvalue weighted by Gasteiger charge is 2.12. The summed E-state index contributed by atoms with van der Waals surface area (Å²) in [5.74, 6) is -0.386. The maximum Gasteiger partial charge on any atom is 0.270 e. The summed E-state index contributed by atoms with van der Waals surface area (Å²) < 4.78 is 1.13. The smallest absolute Gasteiger partial charge is 0.270 e. The molecule has 0 saturated heterocycles. The Balaban J connectivity index is 1.83. The first-order chi connectivity index (χ1) is 12.5. The predicted octanol–water partition coefficient (Wildman–Crippen LogP) is 2.51. The highest BCUT2D eigenvalue weighted by atomic mass is 16.6. The molecule has 0 aliphatic rings. The summed E-state index contributed by atoms with van der Waals surface area (Å²) in [4.78, 5) is 39.1. The van der Waals surface area contributed by atoms with Gasteiger partial charge in [0.15, 0.2) is 0 Å². The van der Waals surface area contributed by atoms with E-state index in [1.807, 2.05) is 19.1 Å². The summed E-state index contributed by atoms with van der Waals surface area (Å²) in [7, 11) is 0. The van der Waals surface area contributed by atoms with Gasteiger partial charge in [0, 0.05) is 17.8 Å². The third kappa shape index (κ3) is 3.59. The second-order valence-electron chi connectivity index (χ2n) is 5.73. The van der Waals surface area contributed by atoms with Crippen LogP contribution in [0.5, 0.6) is 0 Å². The summed E-state index contributed by atoms with van der Waals surface area (Å²) in [5.41, 5.74) is 1.42. The fourth-order valence-electron chi connectivity index (χ4n) is 2.55. The molecule has 1 aromatic heterocycles. The number of hydrogen-bond donors (Lipinski definition) is 1. The first-order valence-electron chi connectivity index (χ1n) is 8.00. The highest BCUT2D eigenvalue weighted by molar-refractivity contribution is 5.90. The van der Waals surface area contributed by atoms with Crippen LogP contribution in [0.1, 0.15) is 12.5 Å². The van der Waals surface area contributed by atoms with Gasteiger partial charge in [-0.05, 0) is 30.2 Å². The molecule has 8 nitrogen and oxygen atoms in total. The fourth-order valence-corrected chi connectivity index (χ4v) is 2.55. The lowest BCUT2D eigenvalue weighted by Gasteiger charge is -2.08. The maximum absolute atomic E-state index is 12.5. The molecule has 132 valence electrons. The topological polar surface area (TPSA) is 107 Å². The van der Waals surface area contributed by atoms with Crippen LogP contribution in [0.4, 0.5) is 11.4 Å². The van der Waals surface area contributed by atoms with Crippen molar-refractivity contribution in [1.82, 2.24) is 9.55 Å². The molecule has 2 aromatic carbocycles. The third-order valence-corrected chi connectivity index (χ3v) is 3.98. The van der Waals surface area contributed by atoms with E-state index in [1.54, 1.807) is 12.1 Å². The van der Waals surface area contributed by atoms with Crippen LogP contribution < -0.4 is 10.9 Å². The molecule has 0 radical (unpaired) electrons. The van der Waals surface area contributed by atoms with Crippen molar-refractivity contribution in [1.29, 1.82) is 0 Å². The van der Waals surface area contributed by atoms with Gasteiger partial charge in [-0.3, -0.25) is 24.3 Å². The standard InChI is InChI=1S/C18H16N4O4/c1-2-12-3-5-13(6-4-12)20-17(23)10-21-11-19-16-8-7-14(22(25)26)9-15(16)18(21)24/h3-9,11H,2,10H2,1H3,(H,20,23). The van der Waals surface area contributed by atoms with Crippen LogP contribution in [0.3, 0.4) is 0 Å². The Bertz CT molecular complexity index is 1040. The quantitative estimate of drug-likeness (QED) is 0.561. The van der Waals surface area contributed by atoms with Crippen LogP contribution in [-0.2, 0) is 17.8 Å². The van der Waals surface area contributed by atoms with Gasteiger partial charge >= 0.3 is 0 Å².